The van der Waals surface area contributed by atoms with Crippen molar-refractivity contribution in [3.8, 4) is 0 Å². The molecule has 2 aromatic rings. The molecule has 0 bridgehead atoms. The van der Waals surface area contributed by atoms with Crippen molar-refractivity contribution < 1.29 is 4.79 Å². The number of carbonyl (C=O) groups excluding carboxylic acids is 1. The van der Waals surface area contributed by atoms with Gasteiger partial charge in [0.05, 0.1) is 0 Å². The lowest BCUT2D eigenvalue weighted by molar-refractivity contribution is 0.103. The van der Waals surface area contributed by atoms with Crippen LogP contribution in [-0.2, 0) is 0 Å². The van der Waals surface area contributed by atoms with Gasteiger partial charge in [0.1, 0.15) is 0 Å². The van der Waals surface area contributed by atoms with Crippen molar-refractivity contribution in [2.75, 3.05) is 0 Å². The maximum Gasteiger partial charge on any atom is 0.193 e. The fraction of sp³-hybridized carbons (Fsp3) is 0.133. The molecule has 1 nitrogen and oxygen atoms in total. The molecule has 92 valence electrons. The van der Waals surface area contributed by atoms with Crippen LogP contribution in [0.5, 0.6) is 0 Å². The van der Waals surface area contributed by atoms with Gasteiger partial charge in [-0.2, -0.15) is 0 Å². The molecule has 0 radical (unpaired) electrons. The molecule has 0 saturated heterocycles. The van der Waals surface area contributed by atoms with Crippen LogP contribution in [0.25, 0.3) is 0 Å². The van der Waals surface area contributed by atoms with Crippen LogP contribution in [0.4, 0.5) is 0 Å². The Morgan fingerprint density at radius 2 is 1.72 bits per heavy atom. The van der Waals surface area contributed by atoms with Crippen molar-refractivity contribution in [2.45, 2.75) is 13.8 Å². The third-order valence-electron chi connectivity index (χ3n) is 2.89. The van der Waals surface area contributed by atoms with Gasteiger partial charge in [-0.3, -0.25) is 4.79 Å². The molecule has 0 heterocycles. The zero-order valence-electron chi connectivity index (χ0n) is 10.1. The zero-order valence-corrected chi connectivity index (χ0v) is 12.5. The summed E-state index contributed by atoms with van der Waals surface area (Å²) in [6, 6.07) is 10.9. The Labute approximate surface area is 120 Å². The number of ketones is 1. The minimum Gasteiger partial charge on any atom is -0.289 e. The second kappa shape index (κ2) is 5.25. The number of hydrogen-bond acceptors (Lipinski definition) is 1. The zero-order chi connectivity index (χ0) is 13.3. The topological polar surface area (TPSA) is 17.1 Å². The normalized spacial score (nSPS) is 10.4. The van der Waals surface area contributed by atoms with E-state index in [4.69, 9.17) is 11.6 Å². The number of hydrogen-bond donors (Lipinski definition) is 0. The van der Waals surface area contributed by atoms with Gasteiger partial charge in [-0.15, -0.1) is 0 Å². The third kappa shape index (κ3) is 2.82. The number of halogens is 2. The number of rotatable bonds is 2. The molecule has 0 aliphatic rings. The highest BCUT2D eigenvalue weighted by molar-refractivity contribution is 9.10. The summed E-state index contributed by atoms with van der Waals surface area (Å²) in [5.74, 6) is -0.0127. The molecule has 0 spiro atoms. The maximum absolute atomic E-state index is 12.3. The van der Waals surface area contributed by atoms with Gasteiger partial charge in [-0.05, 0) is 49.2 Å². The molecular formula is C15H12BrClO. The Morgan fingerprint density at radius 1 is 1.00 bits per heavy atom. The number of carbonyl (C=O) groups is 1. The Hall–Kier alpha value is -1.12. The average Bonchev–Trinajstić information content (AvgIpc) is 2.30. The van der Waals surface area contributed by atoms with Crippen molar-refractivity contribution >= 4 is 33.3 Å². The molecule has 0 saturated carbocycles. The first kappa shape index (κ1) is 13.3. The molecule has 0 aliphatic carbocycles. The smallest absolute Gasteiger partial charge is 0.193 e. The fourth-order valence-electron chi connectivity index (χ4n) is 1.73. The van der Waals surface area contributed by atoms with Gasteiger partial charge in [0.25, 0.3) is 0 Å². The molecule has 0 aromatic heterocycles. The molecular weight excluding hydrogens is 312 g/mol. The molecule has 0 N–H and O–H groups in total. The van der Waals surface area contributed by atoms with Crippen LogP contribution in [-0.4, -0.2) is 5.78 Å². The van der Waals surface area contributed by atoms with Crippen LogP contribution in [0.1, 0.15) is 27.0 Å². The van der Waals surface area contributed by atoms with Gasteiger partial charge in [0.2, 0.25) is 0 Å². The summed E-state index contributed by atoms with van der Waals surface area (Å²) in [4.78, 5) is 12.3. The number of benzene rings is 2. The summed E-state index contributed by atoms with van der Waals surface area (Å²) in [6.07, 6.45) is 0. The summed E-state index contributed by atoms with van der Waals surface area (Å²) in [6.45, 7) is 4.03. The van der Waals surface area contributed by atoms with Crippen LogP contribution in [0, 0.1) is 13.8 Å². The van der Waals surface area contributed by atoms with Crippen molar-refractivity contribution in [2.24, 2.45) is 0 Å². The molecule has 2 rings (SSSR count). The lowest BCUT2D eigenvalue weighted by Crippen LogP contribution is -2.02. The van der Waals surface area contributed by atoms with E-state index in [1.165, 1.54) is 5.56 Å². The van der Waals surface area contributed by atoms with E-state index in [1.54, 1.807) is 18.2 Å². The first-order valence-electron chi connectivity index (χ1n) is 5.55. The lowest BCUT2D eigenvalue weighted by Gasteiger charge is -2.06. The standard InChI is InChI=1S/C15H12BrClO/c1-9-3-4-11(5-10(9)2)15(18)12-6-13(16)8-14(17)7-12/h3-8H,1-2H3. The van der Waals surface area contributed by atoms with Crippen LogP contribution < -0.4 is 0 Å². The fourth-order valence-corrected chi connectivity index (χ4v) is 2.59. The van der Waals surface area contributed by atoms with Crippen molar-refractivity contribution in [1.29, 1.82) is 0 Å². The van der Waals surface area contributed by atoms with Crippen LogP contribution in [0.2, 0.25) is 5.02 Å². The van der Waals surface area contributed by atoms with Gasteiger partial charge >= 0.3 is 0 Å². The predicted octanol–water partition coefficient (Wildman–Crippen LogP) is 4.95. The molecule has 0 atom stereocenters. The van der Waals surface area contributed by atoms with E-state index in [0.29, 0.717) is 16.1 Å². The molecule has 0 unspecified atom stereocenters. The first-order chi connectivity index (χ1) is 8.47. The molecule has 0 amide bonds. The van der Waals surface area contributed by atoms with Crippen LogP contribution in [0.15, 0.2) is 40.9 Å². The van der Waals surface area contributed by atoms with Gasteiger partial charge in [0.15, 0.2) is 5.78 Å². The highest BCUT2D eigenvalue weighted by Gasteiger charge is 2.11. The maximum atomic E-state index is 12.3. The van der Waals surface area contributed by atoms with E-state index in [-0.39, 0.29) is 5.78 Å². The largest absolute Gasteiger partial charge is 0.289 e. The SMILES string of the molecule is Cc1ccc(C(=O)c2cc(Cl)cc(Br)c2)cc1C. The highest BCUT2D eigenvalue weighted by atomic mass is 79.9. The lowest BCUT2D eigenvalue weighted by atomic mass is 9.99. The van der Waals surface area contributed by atoms with Crippen LogP contribution in [0.3, 0.4) is 0 Å². The van der Waals surface area contributed by atoms with E-state index in [2.05, 4.69) is 15.9 Å². The van der Waals surface area contributed by atoms with E-state index >= 15 is 0 Å². The minimum atomic E-state index is -0.0127. The Morgan fingerprint density at radius 3 is 2.33 bits per heavy atom. The van der Waals surface area contributed by atoms with Gasteiger partial charge in [-0.1, -0.05) is 39.7 Å². The van der Waals surface area contributed by atoms with Gasteiger partial charge < -0.3 is 0 Å². The summed E-state index contributed by atoms with van der Waals surface area (Å²) in [5.41, 5.74) is 3.57. The minimum absolute atomic E-state index is 0.0127. The van der Waals surface area contributed by atoms with E-state index in [1.807, 2.05) is 32.0 Å². The van der Waals surface area contributed by atoms with Gasteiger partial charge in [-0.25, -0.2) is 0 Å². The van der Waals surface area contributed by atoms with E-state index < -0.39 is 0 Å². The number of aryl methyl sites for hydroxylation is 2. The molecule has 0 aliphatic heterocycles. The molecule has 18 heavy (non-hydrogen) atoms. The van der Waals surface area contributed by atoms with E-state index in [0.717, 1.165) is 10.0 Å². The first-order valence-corrected chi connectivity index (χ1v) is 6.72. The Balaban J connectivity index is 2.44. The monoisotopic (exact) mass is 322 g/mol. The molecule has 0 fully saturated rings. The second-order valence-electron chi connectivity index (χ2n) is 4.29. The van der Waals surface area contributed by atoms with Gasteiger partial charge in [0, 0.05) is 20.6 Å². The van der Waals surface area contributed by atoms with E-state index in [9.17, 15) is 4.79 Å². The third-order valence-corrected chi connectivity index (χ3v) is 3.57. The summed E-state index contributed by atoms with van der Waals surface area (Å²) < 4.78 is 0.808. The Kier molecular flexibility index (Phi) is 3.88. The van der Waals surface area contributed by atoms with Crippen LogP contribution >= 0.6 is 27.5 Å². The Bertz CT molecular complexity index is 600. The molecule has 3 heteroatoms. The molecule has 2 aromatic carbocycles. The highest BCUT2D eigenvalue weighted by Crippen LogP contribution is 2.22. The second-order valence-corrected chi connectivity index (χ2v) is 5.64. The predicted molar refractivity (Wildman–Crippen MR) is 78.5 cm³/mol. The van der Waals surface area contributed by atoms with Crippen molar-refractivity contribution in [3.05, 3.63) is 68.1 Å². The van der Waals surface area contributed by atoms with Crippen molar-refractivity contribution in [1.82, 2.24) is 0 Å². The summed E-state index contributed by atoms with van der Waals surface area (Å²) in [7, 11) is 0. The quantitative estimate of drug-likeness (QED) is 0.715. The summed E-state index contributed by atoms with van der Waals surface area (Å²) in [5, 5.41) is 0.552. The van der Waals surface area contributed by atoms with Crippen molar-refractivity contribution in [3.63, 3.8) is 0 Å². The summed E-state index contributed by atoms with van der Waals surface area (Å²) >= 11 is 9.30. The average molecular weight is 324 g/mol.